The summed E-state index contributed by atoms with van der Waals surface area (Å²) in [6, 6.07) is 6.82. The largest absolute Gasteiger partial charge is 0.464 e. The van der Waals surface area contributed by atoms with Gasteiger partial charge in [0.2, 0.25) is 5.54 Å². The summed E-state index contributed by atoms with van der Waals surface area (Å²) in [4.78, 5) is 51.2. The molecular weight excluding hydrogens is 494 g/mol. The molecule has 2 rings (SSSR count). The minimum atomic E-state index is -1.95. The van der Waals surface area contributed by atoms with E-state index < -0.39 is 35.1 Å². The topological polar surface area (TPSA) is 126 Å². The van der Waals surface area contributed by atoms with Crippen LogP contribution in [0.15, 0.2) is 24.3 Å². The number of carbonyl (C=O) groups excluding carboxylic acids is 4. The van der Waals surface area contributed by atoms with Gasteiger partial charge in [-0.3, -0.25) is 4.79 Å². The lowest BCUT2D eigenvalue weighted by molar-refractivity contribution is -0.274. The predicted molar refractivity (Wildman–Crippen MR) is 138 cm³/mol. The van der Waals surface area contributed by atoms with Gasteiger partial charge in [-0.15, -0.1) is 0 Å². The molecule has 1 amide bonds. The van der Waals surface area contributed by atoms with Crippen LogP contribution in [-0.2, 0) is 38.1 Å². The standard InChI is InChI=1S/C28H41NO9/c1-6-34-24(31)27(5)37-18-21(19-38-27)12-10-9-11-17-28(25(32)35-7-2,26(33)36-8-3)29-23(30)22-15-13-20(4)14-16-22/h13-16,21H,6-12,17-19H2,1-5H3,(H,29,30). The molecule has 0 aromatic heterocycles. The van der Waals surface area contributed by atoms with Crippen molar-refractivity contribution in [3.63, 3.8) is 0 Å². The average Bonchev–Trinajstić information content (AvgIpc) is 2.89. The first-order valence-electron chi connectivity index (χ1n) is 13.3. The van der Waals surface area contributed by atoms with E-state index >= 15 is 0 Å². The fourth-order valence-corrected chi connectivity index (χ4v) is 4.12. The molecule has 0 unspecified atom stereocenters. The molecule has 10 heteroatoms. The maximum atomic E-state index is 13.1. The summed E-state index contributed by atoms with van der Waals surface area (Å²) in [6.07, 6.45) is 2.69. The summed E-state index contributed by atoms with van der Waals surface area (Å²) in [7, 11) is 0. The normalized spacial score (nSPS) is 19.3. The second-order valence-corrected chi connectivity index (χ2v) is 9.42. The quantitative estimate of drug-likeness (QED) is 0.165. The number of esters is 3. The van der Waals surface area contributed by atoms with Crippen molar-refractivity contribution in [2.45, 2.75) is 78.0 Å². The Bertz CT molecular complexity index is 918. The fraction of sp³-hybridized carbons (Fsp3) is 0.643. The Kier molecular flexibility index (Phi) is 12.2. The maximum absolute atomic E-state index is 13.1. The molecule has 0 radical (unpaired) electrons. The summed E-state index contributed by atoms with van der Waals surface area (Å²) >= 11 is 0. The number of benzene rings is 1. The first-order valence-corrected chi connectivity index (χ1v) is 13.3. The molecule has 10 nitrogen and oxygen atoms in total. The predicted octanol–water partition coefficient (Wildman–Crippen LogP) is 3.48. The molecule has 0 bridgehead atoms. The minimum Gasteiger partial charge on any atom is -0.464 e. The summed E-state index contributed by atoms with van der Waals surface area (Å²) < 4.78 is 26.7. The van der Waals surface area contributed by atoms with E-state index in [9.17, 15) is 19.2 Å². The van der Waals surface area contributed by atoms with Crippen molar-refractivity contribution in [2.75, 3.05) is 33.0 Å². The van der Waals surface area contributed by atoms with Crippen molar-refractivity contribution in [3.05, 3.63) is 35.4 Å². The van der Waals surface area contributed by atoms with Crippen molar-refractivity contribution in [3.8, 4) is 0 Å². The Morgan fingerprint density at radius 3 is 1.97 bits per heavy atom. The first-order chi connectivity index (χ1) is 18.1. The zero-order chi connectivity index (χ0) is 28.2. The van der Waals surface area contributed by atoms with Crippen molar-refractivity contribution in [2.24, 2.45) is 5.92 Å². The van der Waals surface area contributed by atoms with E-state index in [2.05, 4.69) is 5.32 Å². The lowest BCUT2D eigenvalue weighted by Gasteiger charge is -2.35. The molecule has 1 aliphatic rings. The highest BCUT2D eigenvalue weighted by Gasteiger charge is 2.50. The van der Waals surface area contributed by atoms with Crippen LogP contribution < -0.4 is 5.32 Å². The van der Waals surface area contributed by atoms with Gasteiger partial charge in [-0.25, -0.2) is 14.4 Å². The second kappa shape index (κ2) is 14.8. The summed E-state index contributed by atoms with van der Waals surface area (Å²) in [5.41, 5.74) is -0.657. The van der Waals surface area contributed by atoms with Gasteiger partial charge in [0.25, 0.3) is 11.7 Å². The third-order valence-corrected chi connectivity index (χ3v) is 6.39. The number of hydrogen-bond donors (Lipinski definition) is 1. The number of carbonyl (C=O) groups is 4. The SMILES string of the molecule is CCOC(=O)C1(C)OCC(CCCCCC(NC(=O)c2ccc(C)cc2)(C(=O)OCC)C(=O)OCC)CO1. The molecule has 212 valence electrons. The summed E-state index contributed by atoms with van der Waals surface area (Å²) in [5, 5.41) is 2.63. The zero-order valence-electron chi connectivity index (χ0n) is 23.1. The molecule has 0 saturated carbocycles. The van der Waals surface area contributed by atoms with E-state index in [4.69, 9.17) is 23.7 Å². The summed E-state index contributed by atoms with van der Waals surface area (Å²) in [5.74, 6) is -4.08. The Hall–Kier alpha value is -2.98. The highest BCUT2D eigenvalue weighted by molar-refractivity contribution is 6.10. The first kappa shape index (κ1) is 31.2. The van der Waals surface area contributed by atoms with E-state index in [1.165, 1.54) is 0 Å². The van der Waals surface area contributed by atoms with Crippen LogP contribution in [0, 0.1) is 12.8 Å². The van der Waals surface area contributed by atoms with Gasteiger partial charge in [-0.2, -0.15) is 0 Å². The number of amides is 1. The number of rotatable bonds is 14. The molecule has 1 heterocycles. The van der Waals surface area contributed by atoms with Crippen LogP contribution in [0.5, 0.6) is 0 Å². The van der Waals surface area contributed by atoms with Crippen molar-refractivity contribution in [1.82, 2.24) is 5.32 Å². The maximum Gasteiger partial charge on any atom is 0.366 e. The highest BCUT2D eigenvalue weighted by atomic mass is 16.7. The molecule has 1 fully saturated rings. The van der Waals surface area contributed by atoms with Crippen molar-refractivity contribution < 1.29 is 42.9 Å². The third-order valence-electron chi connectivity index (χ3n) is 6.39. The van der Waals surface area contributed by atoms with Gasteiger partial charge in [-0.05, 0) is 59.1 Å². The molecule has 38 heavy (non-hydrogen) atoms. The molecule has 0 atom stereocenters. The molecule has 1 saturated heterocycles. The van der Waals surface area contributed by atoms with E-state index in [0.29, 0.717) is 31.6 Å². The molecule has 0 spiro atoms. The van der Waals surface area contributed by atoms with Crippen molar-refractivity contribution in [1.29, 1.82) is 0 Å². The number of hydrogen-bond acceptors (Lipinski definition) is 9. The van der Waals surface area contributed by atoms with Crippen LogP contribution in [0.25, 0.3) is 0 Å². The Morgan fingerprint density at radius 1 is 0.895 bits per heavy atom. The van der Waals surface area contributed by atoms with Gasteiger partial charge < -0.3 is 29.0 Å². The average molecular weight is 536 g/mol. The number of ether oxygens (including phenoxy) is 5. The van der Waals surface area contributed by atoms with Gasteiger partial charge >= 0.3 is 17.9 Å². The lowest BCUT2D eigenvalue weighted by atomic mass is 9.90. The smallest absolute Gasteiger partial charge is 0.366 e. The van der Waals surface area contributed by atoms with Crippen LogP contribution in [0.4, 0.5) is 0 Å². The number of aryl methyl sites for hydroxylation is 1. The van der Waals surface area contributed by atoms with E-state index in [-0.39, 0.29) is 32.2 Å². The van der Waals surface area contributed by atoms with Gasteiger partial charge in [0.15, 0.2) is 0 Å². The second-order valence-electron chi connectivity index (χ2n) is 9.42. The van der Waals surface area contributed by atoms with Crippen LogP contribution in [-0.4, -0.2) is 68.2 Å². The fourth-order valence-electron chi connectivity index (χ4n) is 4.12. The monoisotopic (exact) mass is 535 g/mol. The summed E-state index contributed by atoms with van der Waals surface area (Å²) in [6.45, 7) is 9.50. The van der Waals surface area contributed by atoms with Crippen LogP contribution in [0.3, 0.4) is 0 Å². The zero-order valence-corrected chi connectivity index (χ0v) is 23.1. The number of unbranched alkanes of at least 4 members (excludes halogenated alkanes) is 2. The van der Waals surface area contributed by atoms with Gasteiger partial charge in [0.1, 0.15) is 0 Å². The minimum absolute atomic E-state index is 0.0286. The molecular formula is C28H41NO9. The lowest BCUT2D eigenvalue weighted by Crippen LogP contribution is -2.61. The molecule has 1 aromatic carbocycles. The van der Waals surface area contributed by atoms with Gasteiger partial charge in [0.05, 0.1) is 33.0 Å². The highest BCUT2D eigenvalue weighted by Crippen LogP contribution is 2.27. The number of nitrogens with one attached hydrogen (secondary N) is 1. The van der Waals surface area contributed by atoms with Crippen LogP contribution >= 0.6 is 0 Å². The van der Waals surface area contributed by atoms with Crippen LogP contribution in [0.1, 0.15) is 75.7 Å². The van der Waals surface area contributed by atoms with Gasteiger partial charge in [0, 0.05) is 18.4 Å². The third kappa shape index (κ3) is 8.26. The van der Waals surface area contributed by atoms with Crippen LogP contribution in [0.2, 0.25) is 0 Å². The Labute approximate surface area is 224 Å². The molecule has 1 aromatic rings. The van der Waals surface area contributed by atoms with Crippen molar-refractivity contribution >= 4 is 23.8 Å². The van der Waals surface area contributed by atoms with Gasteiger partial charge in [-0.1, -0.05) is 30.5 Å². The van der Waals surface area contributed by atoms with E-state index in [1.807, 2.05) is 6.92 Å². The molecule has 1 aliphatic heterocycles. The Balaban J connectivity index is 2.01. The molecule has 0 aliphatic carbocycles. The molecule has 1 N–H and O–H groups in total. The van der Waals surface area contributed by atoms with E-state index in [1.54, 1.807) is 52.0 Å². The Morgan fingerprint density at radius 2 is 1.45 bits per heavy atom. The van der Waals surface area contributed by atoms with E-state index in [0.717, 1.165) is 18.4 Å².